The predicted octanol–water partition coefficient (Wildman–Crippen LogP) is 2.44. The van der Waals surface area contributed by atoms with Crippen molar-refractivity contribution in [3.8, 4) is 0 Å². The normalized spacial score (nSPS) is 18.3. The van der Waals surface area contributed by atoms with Gasteiger partial charge in [-0.3, -0.25) is 4.79 Å². The highest BCUT2D eigenvalue weighted by molar-refractivity contribution is 6.07. The molecule has 1 aliphatic heterocycles. The van der Waals surface area contributed by atoms with Gasteiger partial charge in [0, 0.05) is 12.1 Å². The number of amides is 1. The van der Waals surface area contributed by atoms with Gasteiger partial charge in [0.05, 0.1) is 13.2 Å². The summed E-state index contributed by atoms with van der Waals surface area (Å²) in [6.45, 7) is 1.38. The largest absolute Gasteiger partial charge is 0.377 e. The van der Waals surface area contributed by atoms with Crippen LogP contribution in [0.1, 0.15) is 22.2 Å². The third-order valence-corrected chi connectivity index (χ3v) is 4.09. The number of carbonyl (C=O) groups is 1. The van der Waals surface area contributed by atoms with Crippen LogP contribution in [0.3, 0.4) is 0 Å². The SMILES string of the molecule is O=C(c1cccc2ccccc12)N1CCOCC1c1ncon1. The molecule has 4 rings (SSSR count). The number of hydrogen-bond donors (Lipinski definition) is 0. The molecular weight excluding hydrogens is 294 g/mol. The molecule has 0 aliphatic carbocycles. The van der Waals surface area contributed by atoms with Gasteiger partial charge in [-0.05, 0) is 16.8 Å². The topological polar surface area (TPSA) is 68.5 Å². The first-order valence-electron chi connectivity index (χ1n) is 7.47. The van der Waals surface area contributed by atoms with Crippen LogP contribution in [0.4, 0.5) is 0 Å². The van der Waals surface area contributed by atoms with E-state index in [1.165, 1.54) is 6.39 Å². The van der Waals surface area contributed by atoms with Gasteiger partial charge in [0.2, 0.25) is 6.39 Å². The van der Waals surface area contributed by atoms with Crippen LogP contribution < -0.4 is 0 Å². The Bertz CT molecular complexity index is 827. The third-order valence-electron chi connectivity index (χ3n) is 4.09. The lowest BCUT2D eigenvalue weighted by atomic mass is 10.0. The van der Waals surface area contributed by atoms with Crippen molar-refractivity contribution in [1.29, 1.82) is 0 Å². The zero-order valence-corrected chi connectivity index (χ0v) is 12.4. The summed E-state index contributed by atoms with van der Waals surface area (Å²) >= 11 is 0. The van der Waals surface area contributed by atoms with Gasteiger partial charge >= 0.3 is 0 Å². The minimum Gasteiger partial charge on any atom is -0.377 e. The van der Waals surface area contributed by atoms with Crippen LogP contribution in [-0.4, -0.2) is 40.7 Å². The maximum Gasteiger partial charge on any atom is 0.255 e. The maximum absolute atomic E-state index is 13.1. The minimum atomic E-state index is -0.325. The average molecular weight is 309 g/mol. The van der Waals surface area contributed by atoms with Crippen molar-refractivity contribution in [2.45, 2.75) is 6.04 Å². The number of aromatic nitrogens is 2. The van der Waals surface area contributed by atoms with E-state index in [1.54, 1.807) is 4.90 Å². The second-order valence-electron chi connectivity index (χ2n) is 5.41. The van der Waals surface area contributed by atoms with Crippen molar-refractivity contribution in [2.75, 3.05) is 19.8 Å². The average Bonchev–Trinajstić information content (AvgIpc) is 3.15. The van der Waals surface area contributed by atoms with E-state index in [4.69, 9.17) is 9.26 Å². The molecule has 116 valence electrons. The standard InChI is InChI=1S/C17H15N3O3/c21-17(14-7-3-5-12-4-1-2-6-13(12)14)20-8-9-22-10-15(20)16-18-11-23-19-16/h1-7,11,15H,8-10H2. The van der Waals surface area contributed by atoms with Gasteiger partial charge in [-0.1, -0.05) is 41.6 Å². The van der Waals surface area contributed by atoms with Gasteiger partial charge in [-0.15, -0.1) is 0 Å². The smallest absolute Gasteiger partial charge is 0.255 e. The Balaban J connectivity index is 1.74. The second-order valence-corrected chi connectivity index (χ2v) is 5.41. The number of hydrogen-bond acceptors (Lipinski definition) is 5. The van der Waals surface area contributed by atoms with Crippen molar-refractivity contribution in [3.63, 3.8) is 0 Å². The van der Waals surface area contributed by atoms with Crippen molar-refractivity contribution in [1.82, 2.24) is 15.0 Å². The quantitative estimate of drug-likeness (QED) is 0.727. The molecule has 1 atom stereocenters. The second kappa shape index (κ2) is 5.81. The van der Waals surface area contributed by atoms with Crippen LogP contribution in [0, 0.1) is 0 Å². The summed E-state index contributed by atoms with van der Waals surface area (Å²) in [5.41, 5.74) is 0.679. The Labute approximate surface area is 132 Å². The van der Waals surface area contributed by atoms with Crippen molar-refractivity contribution < 1.29 is 14.1 Å². The van der Waals surface area contributed by atoms with E-state index in [-0.39, 0.29) is 11.9 Å². The summed E-state index contributed by atoms with van der Waals surface area (Å²) in [5.74, 6) is 0.429. The van der Waals surface area contributed by atoms with Crippen LogP contribution in [0.2, 0.25) is 0 Å². The predicted molar refractivity (Wildman–Crippen MR) is 82.8 cm³/mol. The highest BCUT2D eigenvalue weighted by atomic mass is 16.5. The molecule has 2 aromatic carbocycles. The fraction of sp³-hybridized carbons (Fsp3) is 0.235. The summed E-state index contributed by atoms with van der Waals surface area (Å²) in [4.78, 5) is 18.9. The van der Waals surface area contributed by atoms with Crippen LogP contribution in [0.15, 0.2) is 53.4 Å². The lowest BCUT2D eigenvalue weighted by Crippen LogP contribution is -2.43. The zero-order chi connectivity index (χ0) is 15.6. The fourth-order valence-corrected chi connectivity index (χ4v) is 2.95. The molecule has 6 nitrogen and oxygen atoms in total. The van der Waals surface area contributed by atoms with Gasteiger partial charge in [-0.2, -0.15) is 4.98 Å². The molecule has 1 aliphatic rings. The molecular formula is C17H15N3O3. The molecule has 1 saturated heterocycles. The molecule has 6 heteroatoms. The highest BCUT2D eigenvalue weighted by Crippen LogP contribution is 2.26. The fourth-order valence-electron chi connectivity index (χ4n) is 2.95. The molecule has 3 aromatic rings. The summed E-state index contributed by atoms with van der Waals surface area (Å²) in [6.07, 6.45) is 1.27. The summed E-state index contributed by atoms with van der Waals surface area (Å²) in [5, 5.41) is 5.86. The van der Waals surface area contributed by atoms with Crippen LogP contribution in [0.5, 0.6) is 0 Å². The number of rotatable bonds is 2. The number of carbonyl (C=O) groups excluding carboxylic acids is 1. The van der Waals surface area contributed by atoms with Gasteiger partial charge in [0.25, 0.3) is 5.91 Å². The van der Waals surface area contributed by atoms with E-state index in [2.05, 4.69) is 10.1 Å². The Morgan fingerprint density at radius 3 is 2.91 bits per heavy atom. The number of ether oxygens (including phenoxy) is 1. The zero-order valence-electron chi connectivity index (χ0n) is 12.4. The van der Waals surface area contributed by atoms with Gasteiger partial charge in [0.1, 0.15) is 6.04 Å². The first kappa shape index (κ1) is 13.9. The molecule has 1 amide bonds. The Morgan fingerprint density at radius 2 is 2.04 bits per heavy atom. The van der Waals surface area contributed by atoms with Crippen molar-refractivity contribution >= 4 is 16.7 Å². The molecule has 1 fully saturated rings. The molecule has 23 heavy (non-hydrogen) atoms. The first-order valence-corrected chi connectivity index (χ1v) is 7.47. The number of nitrogens with zero attached hydrogens (tertiary/aromatic N) is 3. The summed E-state index contributed by atoms with van der Waals surface area (Å²) in [7, 11) is 0. The van der Waals surface area contributed by atoms with E-state index in [0.717, 1.165) is 10.8 Å². The Hall–Kier alpha value is -2.73. The molecule has 1 aromatic heterocycles. The lowest BCUT2D eigenvalue weighted by molar-refractivity contribution is -0.00566. The molecule has 0 radical (unpaired) electrons. The number of benzene rings is 2. The van der Waals surface area contributed by atoms with E-state index in [9.17, 15) is 4.79 Å². The van der Waals surface area contributed by atoms with Crippen LogP contribution in [-0.2, 0) is 4.74 Å². The van der Waals surface area contributed by atoms with Gasteiger partial charge in [0.15, 0.2) is 5.82 Å². The lowest BCUT2D eigenvalue weighted by Gasteiger charge is -2.34. The van der Waals surface area contributed by atoms with Crippen LogP contribution in [0.25, 0.3) is 10.8 Å². The Kier molecular flexibility index (Phi) is 3.51. The van der Waals surface area contributed by atoms with Crippen molar-refractivity contribution in [2.24, 2.45) is 0 Å². The van der Waals surface area contributed by atoms with Crippen LogP contribution >= 0.6 is 0 Å². The molecule has 2 heterocycles. The number of fused-ring (bicyclic) bond motifs is 1. The van der Waals surface area contributed by atoms with E-state index >= 15 is 0 Å². The van der Waals surface area contributed by atoms with E-state index < -0.39 is 0 Å². The van der Waals surface area contributed by atoms with Crippen molar-refractivity contribution in [3.05, 3.63) is 60.2 Å². The monoisotopic (exact) mass is 309 g/mol. The van der Waals surface area contributed by atoms with E-state index in [0.29, 0.717) is 31.1 Å². The summed E-state index contributed by atoms with van der Waals surface area (Å²) < 4.78 is 10.3. The molecule has 0 bridgehead atoms. The highest BCUT2D eigenvalue weighted by Gasteiger charge is 2.32. The molecule has 0 spiro atoms. The Morgan fingerprint density at radius 1 is 1.17 bits per heavy atom. The number of morpholine rings is 1. The molecule has 0 saturated carbocycles. The van der Waals surface area contributed by atoms with Gasteiger partial charge < -0.3 is 14.2 Å². The minimum absolute atomic E-state index is 0.0418. The maximum atomic E-state index is 13.1. The summed E-state index contributed by atoms with van der Waals surface area (Å²) in [6, 6.07) is 13.3. The molecule has 0 N–H and O–H groups in total. The third kappa shape index (κ3) is 2.47. The van der Waals surface area contributed by atoms with Gasteiger partial charge in [-0.25, -0.2) is 0 Å². The molecule has 1 unspecified atom stereocenters. The van der Waals surface area contributed by atoms with E-state index in [1.807, 2.05) is 42.5 Å². The first-order chi connectivity index (χ1) is 11.3.